The molecule has 0 saturated heterocycles. The van der Waals surface area contributed by atoms with Crippen LogP contribution in [0.2, 0.25) is 0 Å². The summed E-state index contributed by atoms with van der Waals surface area (Å²) in [5, 5.41) is 4.98. The van der Waals surface area contributed by atoms with Gasteiger partial charge in [-0.1, -0.05) is 182 Å². The first-order valence-corrected chi connectivity index (χ1v) is 25.0. The van der Waals surface area contributed by atoms with Crippen molar-refractivity contribution in [3.05, 3.63) is 267 Å². The predicted octanol–water partition coefficient (Wildman–Crippen LogP) is 12.5. The third-order valence-electron chi connectivity index (χ3n) is 15.4. The highest BCUT2D eigenvalue weighted by Gasteiger charge is 2.44. The molecule has 0 aliphatic carbocycles. The van der Waals surface area contributed by atoms with Crippen LogP contribution in [0.5, 0.6) is 0 Å². The summed E-state index contributed by atoms with van der Waals surface area (Å²) in [4.78, 5) is 4.94. The quantitative estimate of drug-likeness (QED) is 0.155. The fourth-order valence-corrected chi connectivity index (χ4v) is 12.7. The van der Waals surface area contributed by atoms with Crippen molar-refractivity contribution < 1.29 is 0 Å². The Morgan fingerprint density at radius 3 is 0.833 bits per heavy atom. The Kier molecular flexibility index (Phi) is 9.12. The second-order valence-corrected chi connectivity index (χ2v) is 19.1. The summed E-state index contributed by atoms with van der Waals surface area (Å²) in [6, 6.07) is 98.8. The molecule has 0 saturated carbocycles. The highest BCUT2D eigenvalue weighted by molar-refractivity contribution is 7.04. The summed E-state index contributed by atoms with van der Waals surface area (Å²) in [5.74, 6) is 0. The molecule has 2 aliphatic heterocycles. The van der Waals surface area contributed by atoms with Crippen LogP contribution in [0.4, 0.5) is 34.1 Å². The van der Waals surface area contributed by atoms with Gasteiger partial charge in [-0.15, -0.1) is 0 Å². The predicted molar refractivity (Wildman–Crippen MR) is 307 cm³/mol. The van der Waals surface area contributed by atoms with Gasteiger partial charge < -0.3 is 18.9 Å². The molecule has 0 N–H and O–H groups in total. The summed E-state index contributed by atoms with van der Waals surface area (Å²) in [6.07, 6.45) is 0. The van der Waals surface area contributed by atoms with E-state index < -0.39 is 0 Å². The smallest absolute Gasteiger partial charge is 0.250 e. The van der Waals surface area contributed by atoms with Crippen LogP contribution in [-0.2, 0) is 0 Å². The maximum Gasteiger partial charge on any atom is 0.250 e. The lowest BCUT2D eigenvalue weighted by molar-refractivity contribution is 1.18. The second kappa shape index (κ2) is 16.2. The molecule has 0 amide bonds. The van der Waals surface area contributed by atoms with Crippen LogP contribution >= 0.6 is 0 Å². The molecular weight excluding hydrogens is 870 g/mol. The molecule has 2 aromatic heterocycles. The van der Waals surface area contributed by atoms with Gasteiger partial charge in [-0.3, -0.25) is 0 Å². The Morgan fingerprint density at radius 2 is 0.500 bits per heavy atom. The van der Waals surface area contributed by atoms with Gasteiger partial charge in [-0.05, 0) is 118 Å². The minimum Gasteiger partial charge on any atom is -0.312 e. The zero-order valence-corrected chi connectivity index (χ0v) is 39.3. The van der Waals surface area contributed by atoms with Gasteiger partial charge in [0.2, 0.25) is 13.4 Å². The highest BCUT2D eigenvalue weighted by atomic mass is 15.2. The van der Waals surface area contributed by atoms with Crippen molar-refractivity contribution in [2.75, 3.05) is 9.80 Å². The number of hydrogen-bond acceptors (Lipinski definition) is 2. The topological polar surface area (TPSA) is 16.3 Å². The Morgan fingerprint density at radius 1 is 0.236 bits per heavy atom. The van der Waals surface area contributed by atoms with Crippen LogP contribution < -0.4 is 42.6 Å². The largest absolute Gasteiger partial charge is 0.312 e. The fourth-order valence-electron chi connectivity index (χ4n) is 12.7. The Bertz CT molecular complexity index is 3870. The first-order chi connectivity index (χ1) is 35.8. The minimum atomic E-state index is -0.169. The van der Waals surface area contributed by atoms with Crippen LogP contribution in [0.3, 0.4) is 0 Å². The third-order valence-corrected chi connectivity index (χ3v) is 15.4. The lowest BCUT2D eigenvalue weighted by atomic mass is 9.32. The molecule has 15 rings (SSSR count). The molecule has 0 bridgehead atoms. The van der Waals surface area contributed by atoms with E-state index in [4.69, 9.17) is 0 Å². The van der Waals surface area contributed by atoms with Gasteiger partial charge in [-0.25, -0.2) is 0 Å². The molecule has 11 aromatic carbocycles. The van der Waals surface area contributed by atoms with Crippen molar-refractivity contribution in [3.8, 4) is 11.4 Å². The molecule has 334 valence electrons. The molecule has 0 fully saturated rings. The van der Waals surface area contributed by atoms with E-state index in [0.29, 0.717) is 0 Å². The normalized spacial score (nSPS) is 12.9. The maximum atomic E-state index is 2.60. The van der Waals surface area contributed by atoms with Crippen molar-refractivity contribution in [2.45, 2.75) is 0 Å². The fraction of sp³-hybridized carbons (Fsp3) is 0. The average molecular weight is 915 g/mol. The van der Waals surface area contributed by atoms with E-state index in [1.165, 1.54) is 99.1 Å². The molecule has 4 heterocycles. The molecule has 2 aliphatic rings. The first kappa shape index (κ1) is 40.6. The summed E-state index contributed by atoms with van der Waals surface area (Å²) < 4.78 is 5.20. The van der Waals surface area contributed by atoms with Gasteiger partial charge in [0.05, 0.1) is 11.0 Å². The third kappa shape index (κ3) is 5.84. The number of aromatic nitrogens is 2. The summed E-state index contributed by atoms with van der Waals surface area (Å²) >= 11 is 0. The van der Waals surface area contributed by atoms with E-state index in [1.807, 2.05) is 0 Å². The molecule has 72 heavy (non-hydrogen) atoms. The summed E-state index contributed by atoms with van der Waals surface area (Å²) in [7, 11) is 0. The van der Waals surface area contributed by atoms with Gasteiger partial charge in [0.1, 0.15) is 0 Å². The molecule has 0 unspecified atom stereocenters. The second-order valence-electron chi connectivity index (χ2n) is 19.1. The van der Waals surface area contributed by atoms with Crippen LogP contribution in [0.15, 0.2) is 267 Å². The van der Waals surface area contributed by atoms with Crippen molar-refractivity contribution >= 4 is 124 Å². The van der Waals surface area contributed by atoms with Crippen molar-refractivity contribution in [2.24, 2.45) is 0 Å². The number of hydrogen-bond donors (Lipinski definition) is 0. The lowest BCUT2D eigenvalue weighted by Gasteiger charge is -2.38. The monoisotopic (exact) mass is 914 g/mol. The lowest BCUT2D eigenvalue weighted by Crippen LogP contribution is -2.60. The molecule has 0 spiro atoms. The number of anilines is 6. The van der Waals surface area contributed by atoms with Gasteiger partial charge in [-0.2, -0.15) is 0 Å². The van der Waals surface area contributed by atoms with E-state index in [2.05, 4.69) is 286 Å². The van der Waals surface area contributed by atoms with Gasteiger partial charge >= 0.3 is 0 Å². The van der Waals surface area contributed by atoms with Crippen molar-refractivity contribution in [3.63, 3.8) is 0 Å². The highest BCUT2D eigenvalue weighted by Crippen LogP contribution is 2.43. The van der Waals surface area contributed by atoms with E-state index in [1.54, 1.807) is 0 Å². The van der Waals surface area contributed by atoms with Gasteiger partial charge in [0.25, 0.3) is 0 Å². The Balaban J connectivity index is 1.20. The number of fused-ring (bicyclic) bond motifs is 10. The summed E-state index contributed by atoms with van der Waals surface area (Å²) in [6.45, 7) is -0.338. The molecule has 6 heteroatoms. The summed E-state index contributed by atoms with van der Waals surface area (Å²) in [5.41, 5.74) is 21.7. The maximum absolute atomic E-state index is 2.60. The molecular formula is C66H44B2N4. The van der Waals surface area contributed by atoms with Crippen LogP contribution in [0.25, 0.3) is 55.0 Å². The molecule has 4 nitrogen and oxygen atoms in total. The molecule has 13 aromatic rings. The van der Waals surface area contributed by atoms with E-state index >= 15 is 0 Å². The number of benzene rings is 11. The minimum absolute atomic E-state index is 0.169. The average Bonchev–Trinajstić information content (AvgIpc) is 3.99. The first-order valence-electron chi connectivity index (χ1n) is 25.0. The number of para-hydroxylation sites is 10. The van der Waals surface area contributed by atoms with E-state index in [0.717, 1.165) is 22.7 Å². The zero-order valence-electron chi connectivity index (χ0n) is 39.3. The zero-order chi connectivity index (χ0) is 47.3. The SMILES string of the molecule is c1ccc(N2c3ccccc3B(c3c4c5ccccc5n(-c5ccccc5)c4c(B4c5ccccc5N(c5ccccc5)c5ccccc54)c4c5ccccc5n(-c5ccccc5)c34)c3ccccc32)cc1. The van der Waals surface area contributed by atoms with E-state index in [9.17, 15) is 0 Å². The van der Waals surface area contributed by atoms with Crippen LogP contribution in [0.1, 0.15) is 0 Å². The number of rotatable bonds is 6. The molecule has 0 atom stereocenters. The van der Waals surface area contributed by atoms with E-state index in [-0.39, 0.29) is 13.4 Å². The molecule has 0 radical (unpaired) electrons. The Hall–Kier alpha value is -9.25. The number of nitrogens with zero attached hydrogens (tertiary/aromatic N) is 4. The Labute approximate surface area is 419 Å². The van der Waals surface area contributed by atoms with Crippen LogP contribution in [0, 0.1) is 0 Å². The van der Waals surface area contributed by atoms with Gasteiger partial charge in [0, 0.05) is 78.1 Å². The van der Waals surface area contributed by atoms with Crippen molar-refractivity contribution in [1.29, 1.82) is 0 Å². The van der Waals surface area contributed by atoms with Crippen LogP contribution in [-0.4, -0.2) is 22.6 Å². The standard InChI is InChI=1S/C66H44B2N4/c1-5-25-45(26-6-1)69-57-41-21-15-35-51(57)67(52-36-16-22-42-58(52)69)63-61-49-33-13-19-39-55(49)72(48-31-11-4-12-32-48)66(61)64(62-50-34-14-20-40-56(50)71(65(62)63)47-29-9-3-10-30-47)68-53-37-17-23-43-59(53)70(46-27-7-2-8-28-46)60-44-24-18-38-54(60)68/h1-44H. The van der Waals surface area contributed by atoms with Gasteiger partial charge in [0.15, 0.2) is 0 Å². The van der Waals surface area contributed by atoms with Crippen molar-refractivity contribution in [1.82, 2.24) is 9.13 Å².